The number of likely N-dealkylation sites (N-methyl/N-ethyl adjacent to an activating group) is 2. The molecule has 0 heterocycles. The second-order valence-electron chi connectivity index (χ2n) is 17.8. The minimum Gasteiger partial charge on any atom is -0.329 e. The van der Waals surface area contributed by atoms with Gasteiger partial charge in [-0.15, -0.1) is 0 Å². The Balaban J connectivity index is 2.46. The first kappa shape index (κ1) is 48.8. The molecule has 1 aliphatic carbocycles. The fourth-order valence-corrected chi connectivity index (χ4v) is 8.45. The molecule has 0 bridgehead atoms. The molecule has 1 fully saturated rings. The topological polar surface area (TPSA) is 40.2 Å². The quantitative estimate of drug-likeness (QED) is 0.0274. The molecule has 306 valence electrons. The average Bonchev–Trinajstić information content (AvgIpc) is 3.09. The van der Waals surface area contributed by atoms with Gasteiger partial charge in [0.15, 0.2) is 0 Å². The number of hydrogen-bond donors (Lipinski definition) is 0. The third-order valence-electron chi connectivity index (χ3n) is 11.7. The first-order chi connectivity index (χ1) is 24.8. The highest BCUT2D eigenvalue weighted by Crippen LogP contribution is 2.47. The fraction of sp³-hybridized carbons (Fsp3) is 1.00. The van der Waals surface area contributed by atoms with Gasteiger partial charge in [-0.1, -0.05) is 155 Å². The van der Waals surface area contributed by atoms with E-state index >= 15 is 0 Å². The Bertz CT molecular complexity index is 715. The van der Waals surface area contributed by atoms with Crippen molar-refractivity contribution in [2.45, 2.75) is 194 Å². The van der Waals surface area contributed by atoms with Crippen molar-refractivity contribution in [3.8, 4) is 0 Å². The SMILES string of the molecule is CCCCCCC1CC[C@@H](CCCCCCCCOOCC[N+](C)(C)C)C(CCCCCCCCCCOOCCN(C)C)C1CCCCCC. The molecule has 51 heavy (non-hydrogen) atoms. The average molecular weight is 726 g/mol. The van der Waals surface area contributed by atoms with Gasteiger partial charge in [0.25, 0.3) is 0 Å². The number of rotatable bonds is 38. The highest BCUT2D eigenvalue weighted by molar-refractivity contribution is 4.88. The summed E-state index contributed by atoms with van der Waals surface area (Å²) in [6.07, 6.45) is 39.3. The summed E-state index contributed by atoms with van der Waals surface area (Å²) in [7, 11) is 10.7. The molecule has 4 atom stereocenters. The lowest BCUT2D eigenvalue weighted by atomic mass is 9.61. The highest BCUT2D eigenvalue weighted by Gasteiger charge is 2.37. The van der Waals surface area contributed by atoms with Crippen LogP contribution in [0, 0.1) is 23.7 Å². The molecule has 0 N–H and O–H groups in total. The predicted molar refractivity (Wildman–Crippen MR) is 220 cm³/mol. The van der Waals surface area contributed by atoms with E-state index in [4.69, 9.17) is 19.6 Å². The van der Waals surface area contributed by atoms with Crippen LogP contribution in [-0.2, 0) is 19.6 Å². The van der Waals surface area contributed by atoms with Crippen LogP contribution in [0.3, 0.4) is 0 Å². The summed E-state index contributed by atoms with van der Waals surface area (Å²) < 4.78 is 0.914. The number of nitrogens with zero attached hydrogens (tertiary/aromatic N) is 2. The first-order valence-corrected chi connectivity index (χ1v) is 22.7. The van der Waals surface area contributed by atoms with Crippen molar-refractivity contribution >= 4 is 0 Å². The van der Waals surface area contributed by atoms with Gasteiger partial charge in [-0.25, -0.2) is 19.6 Å². The van der Waals surface area contributed by atoms with Gasteiger partial charge in [0.1, 0.15) is 13.2 Å². The molecule has 6 heteroatoms. The van der Waals surface area contributed by atoms with Crippen LogP contribution in [0.25, 0.3) is 0 Å². The normalized spacial score (nSPS) is 19.8. The van der Waals surface area contributed by atoms with Gasteiger partial charge in [0, 0.05) is 6.54 Å². The Hall–Kier alpha value is -0.240. The molecule has 3 unspecified atom stereocenters. The molecule has 6 nitrogen and oxygen atoms in total. The van der Waals surface area contributed by atoms with Crippen LogP contribution in [0.5, 0.6) is 0 Å². The minimum atomic E-state index is 0.652. The van der Waals surface area contributed by atoms with Crippen molar-refractivity contribution in [3.63, 3.8) is 0 Å². The second-order valence-corrected chi connectivity index (χ2v) is 17.8. The zero-order valence-corrected chi connectivity index (χ0v) is 35.9. The summed E-state index contributed by atoms with van der Waals surface area (Å²) in [4.78, 5) is 23.5. The lowest BCUT2D eigenvalue weighted by Gasteiger charge is -2.44. The second kappa shape index (κ2) is 34.3. The molecule has 1 saturated carbocycles. The summed E-state index contributed by atoms with van der Waals surface area (Å²) in [5.74, 6) is 3.98. The molecule has 0 radical (unpaired) electrons. The molecule has 0 aromatic heterocycles. The van der Waals surface area contributed by atoms with E-state index in [2.05, 4.69) is 54.0 Å². The van der Waals surface area contributed by atoms with Crippen LogP contribution in [0.2, 0.25) is 0 Å². The van der Waals surface area contributed by atoms with Gasteiger partial charge in [0.05, 0.1) is 41.0 Å². The van der Waals surface area contributed by atoms with Gasteiger partial charge >= 0.3 is 0 Å². The molecule has 0 aliphatic heterocycles. The van der Waals surface area contributed by atoms with E-state index in [1.807, 2.05) is 0 Å². The lowest BCUT2D eigenvalue weighted by Crippen LogP contribution is -2.37. The summed E-state index contributed by atoms with van der Waals surface area (Å²) in [6, 6.07) is 0. The molecule has 0 aromatic rings. The fourth-order valence-electron chi connectivity index (χ4n) is 8.45. The predicted octanol–water partition coefficient (Wildman–Crippen LogP) is 12.6. The van der Waals surface area contributed by atoms with Crippen LogP contribution < -0.4 is 0 Å². The minimum absolute atomic E-state index is 0.652. The van der Waals surface area contributed by atoms with E-state index in [0.29, 0.717) is 13.2 Å². The molecule has 1 aliphatic rings. The van der Waals surface area contributed by atoms with Crippen molar-refractivity contribution in [1.29, 1.82) is 0 Å². The van der Waals surface area contributed by atoms with E-state index in [-0.39, 0.29) is 0 Å². The molecular formula is C45H93N2O4+. The number of unbranched alkanes of at least 4 members (excludes halogenated alkanes) is 18. The molecule has 1 rings (SSSR count). The van der Waals surface area contributed by atoms with Crippen LogP contribution in [-0.4, -0.2) is 84.1 Å². The standard InChI is InChI=1S/C45H93N2O4/c1-8-10-12-24-30-42-34-35-43(31-25-20-17-19-23-29-39-49-51-41-37-47(5,6)7)45(44(42)32-26-13-11-9-2)33-27-21-16-14-15-18-22-28-38-48-50-40-36-46(3)4/h42-45H,8-41H2,1-7H3/q+1/t42?,43-,44?,45?/m1/s1. The van der Waals surface area contributed by atoms with Crippen molar-refractivity contribution < 1.29 is 24.0 Å². The largest absolute Gasteiger partial charge is 0.329 e. The van der Waals surface area contributed by atoms with E-state index in [9.17, 15) is 0 Å². The van der Waals surface area contributed by atoms with E-state index in [1.165, 1.54) is 167 Å². The Kier molecular flexibility index (Phi) is 32.8. The smallest absolute Gasteiger partial charge is 0.131 e. The summed E-state index contributed by atoms with van der Waals surface area (Å²) in [6.45, 7) is 9.42. The van der Waals surface area contributed by atoms with Crippen molar-refractivity contribution in [2.75, 3.05) is 74.8 Å². The maximum atomic E-state index is 5.42. The van der Waals surface area contributed by atoms with Crippen LogP contribution in [0.15, 0.2) is 0 Å². The highest BCUT2D eigenvalue weighted by atomic mass is 17.2. The van der Waals surface area contributed by atoms with Crippen molar-refractivity contribution in [3.05, 3.63) is 0 Å². The van der Waals surface area contributed by atoms with E-state index in [0.717, 1.165) is 67.3 Å². The molecule has 0 saturated heterocycles. The number of hydrogen-bond acceptors (Lipinski definition) is 5. The van der Waals surface area contributed by atoms with Crippen LogP contribution in [0.1, 0.15) is 194 Å². The third kappa shape index (κ3) is 29.8. The van der Waals surface area contributed by atoms with Gasteiger partial charge in [-0.05, 0) is 76.3 Å². The summed E-state index contributed by atoms with van der Waals surface area (Å²) in [5.41, 5.74) is 0. The van der Waals surface area contributed by atoms with Gasteiger partial charge in [-0.2, -0.15) is 0 Å². The Morgan fingerprint density at radius 2 is 0.784 bits per heavy atom. The van der Waals surface area contributed by atoms with Crippen LogP contribution >= 0.6 is 0 Å². The molecular weight excluding hydrogens is 633 g/mol. The first-order valence-electron chi connectivity index (χ1n) is 22.7. The molecule has 0 aromatic carbocycles. The summed E-state index contributed by atoms with van der Waals surface area (Å²) in [5, 5.41) is 0. The maximum absolute atomic E-state index is 5.42. The van der Waals surface area contributed by atoms with Gasteiger partial charge in [-0.3, -0.25) is 0 Å². The Labute approximate surface area is 320 Å². The van der Waals surface area contributed by atoms with Crippen molar-refractivity contribution in [2.24, 2.45) is 23.7 Å². The van der Waals surface area contributed by atoms with Gasteiger partial charge < -0.3 is 9.38 Å². The van der Waals surface area contributed by atoms with Gasteiger partial charge in [0.2, 0.25) is 0 Å². The lowest BCUT2D eigenvalue weighted by molar-refractivity contribution is -0.871. The van der Waals surface area contributed by atoms with Crippen molar-refractivity contribution in [1.82, 2.24) is 4.90 Å². The Morgan fingerprint density at radius 1 is 0.431 bits per heavy atom. The zero-order chi connectivity index (χ0) is 37.3. The zero-order valence-electron chi connectivity index (χ0n) is 35.9. The monoisotopic (exact) mass is 726 g/mol. The molecule has 0 spiro atoms. The van der Waals surface area contributed by atoms with Crippen LogP contribution in [0.4, 0.5) is 0 Å². The Morgan fingerprint density at radius 3 is 1.20 bits per heavy atom. The number of quaternary nitrogens is 1. The maximum Gasteiger partial charge on any atom is 0.131 e. The molecule has 0 amide bonds. The summed E-state index contributed by atoms with van der Waals surface area (Å²) >= 11 is 0. The third-order valence-corrected chi connectivity index (χ3v) is 11.7. The van der Waals surface area contributed by atoms with E-state index in [1.54, 1.807) is 0 Å². The van der Waals surface area contributed by atoms with E-state index < -0.39 is 0 Å².